The fourth-order valence-electron chi connectivity index (χ4n) is 2.19. The summed E-state index contributed by atoms with van der Waals surface area (Å²) in [7, 11) is 1.88. The number of imidazole rings is 1. The van der Waals surface area contributed by atoms with Crippen molar-refractivity contribution in [1.29, 1.82) is 0 Å². The van der Waals surface area contributed by atoms with Gasteiger partial charge in [0.05, 0.1) is 30.7 Å². The molecule has 0 spiro atoms. The maximum atomic E-state index is 9.28. The number of nitrogens with one attached hydrogen (secondary N) is 1. The molecule has 0 saturated carbocycles. The van der Waals surface area contributed by atoms with Gasteiger partial charge in [0, 0.05) is 18.8 Å². The first-order chi connectivity index (χ1) is 10.2. The van der Waals surface area contributed by atoms with Crippen molar-refractivity contribution in [3.63, 3.8) is 0 Å². The van der Waals surface area contributed by atoms with Crippen LogP contribution >= 0.6 is 0 Å². The van der Waals surface area contributed by atoms with Crippen LogP contribution in [0.2, 0.25) is 0 Å². The van der Waals surface area contributed by atoms with E-state index < -0.39 is 0 Å². The van der Waals surface area contributed by atoms with Crippen LogP contribution in [0.25, 0.3) is 16.9 Å². The lowest BCUT2D eigenvalue weighted by Gasteiger charge is -2.14. The van der Waals surface area contributed by atoms with E-state index in [4.69, 9.17) is 0 Å². The molecule has 0 radical (unpaired) electrons. The third-order valence-corrected chi connectivity index (χ3v) is 3.43. The lowest BCUT2D eigenvalue weighted by molar-refractivity contribution is 0.271. The molecule has 0 bridgehead atoms. The van der Waals surface area contributed by atoms with Crippen molar-refractivity contribution >= 4 is 11.5 Å². The molecule has 0 saturated heterocycles. The van der Waals surface area contributed by atoms with Gasteiger partial charge in [0.25, 0.3) is 0 Å². The van der Waals surface area contributed by atoms with Gasteiger partial charge in [-0.2, -0.15) is 5.10 Å². The van der Waals surface area contributed by atoms with Crippen LogP contribution in [0.15, 0.2) is 30.7 Å². The topological polar surface area (TPSA) is 80.3 Å². The van der Waals surface area contributed by atoms with Gasteiger partial charge in [-0.3, -0.25) is 4.68 Å². The fourth-order valence-corrected chi connectivity index (χ4v) is 2.19. The maximum absolute atomic E-state index is 9.28. The van der Waals surface area contributed by atoms with E-state index in [0.29, 0.717) is 5.82 Å². The Morgan fingerprint density at radius 2 is 2.19 bits per heavy atom. The number of aliphatic hydroxyl groups excluding tert-OH is 1. The van der Waals surface area contributed by atoms with E-state index >= 15 is 0 Å². The lowest BCUT2D eigenvalue weighted by atomic mass is 10.2. The second-order valence-corrected chi connectivity index (χ2v) is 4.97. The number of nitrogens with zero attached hydrogens (tertiary/aromatic N) is 5. The molecular weight excluding hydrogens is 268 g/mol. The first-order valence-electron chi connectivity index (χ1n) is 6.92. The van der Waals surface area contributed by atoms with Crippen molar-refractivity contribution in [2.75, 3.05) is 11.9 Å². The van der Waals surface area contributed by atoms with E-state index in [1.807, 2.05) is 32.3 Å². The van der Waals surface area contributed by atoms with Crippen LogP contribution in [0.4, 0.5) is 5.82 Å². The minimum atomic E-state index is 0.000290. The SMILES string of the molecule is CCC(CO)Nc1ccc2ncc(-c3cnn(C)c3)n2n1. The summed E-state index contributed by atoms with van der Waals surface area (Å²) in [5.41, 5.74) is 2.62. The van der Waals surface area contributed by atoms with E-state index in [9.17, 15) is 5.11 Å². The third-order valence-electron chi connectivity index (χ3n) is 3.43. The molecule has 2 N–H and O–H groups in total. The zero-order chi connectivity index (χ0) is 14.8. The fraction of sp³-hybridized carbons (Fsp3) is 0.357. The zero-order valence-corrected chi connectivity index (χ0v) is 12.1. The van der Waals surface area contributed by atoms with E-state index in [1.165, 1.54) is 0 Å². The van der Waals surface area contributed by atoms with Crippen LogP contribution in [-0.4, -0.2) is 42.1 Å². The number of aromatic nitrogens is 5. The van der Waals surface area contributed by atoms with Gasteiger partial charge < -0.3 is 10.4 Å². The van der Waals surface area contributed by atoms with Crippen molar-refractivity contribution in [2.45, 2.75) is 19.4 Å². The first kappa shape index (κ1) is 13.6. The molecule has 0 aromatic carbocycles. The van der Waals surface area contributed by atoms with Crippen molar-refractivity contribution in [3.05, 3.63) is 30.7 Å². The van der Waals surface area contributed by atoms with Crippen LogP contribution < -0.4 is 5.32 Å². The van der Waals surface area contributed by atoms with Gasteiger partial charge in [-0.15, -0.1) is 5.10 Å². The average molecular weight is 286 g/mol. The van der Waals surface area contributed by atoms with Gasteiger partial charge >= 0.3 is 0 Å². The van der Waals surface area contributed by atoms with Crippen LogP contribution in [0.5, 0.6) is 0 Å². The van der Waals surface area contributed by atoms with Crippen LogP contribution in [0.1, 0.15) is 13.3 Å². The summed E-state index contributed by atoms with van der Waals surface area (Å²) in [6.07, 6.45) is 6.32. The molecule has 21 heavy (non-hydrogen) atoms. The molecule has 0 aliphatic heterocycles. The summed E-state index contributed by atoms with van der Waals surface area (Å²) in [6, 6.07) is 3.77. The molecule has 7 nitrogen and oxygen atoms in total. The molecular formula is C14H18N6O. The van der Waals surface area contributed by atoms with Gasteiger partial charge in [0.1, 0.15) is 5.82 Å². The van der Waals surface area contributed by atoms with Crippen LogP contribution in [-0.2, 0) is 7.05 Å². The quantitative estimate of drug-likeness (QED) is 0.739. The predicted molar refractivity (Wildman–Crippen MR) is 80.0 cm³/mol. The Hall–Kier alpha value is -2.41. The number of rotatable bonds is 5. The standard InChI is InChI=1S/C14H18N6O/c1-3-11(9-21)17-13-4-5-14-15-7-12(20(14)18-13)10-6-16-19(2)8-10/h4-8,11,21H,3,9H2,1-2H3,(H,17,18). The van der Waals surface area contributed by atoms with Crippen LogP contribution in [0, 0.1) is 0 Å². The van der Waals surface area contributed by atoms with Gasteiger partial charge in [0.15, 0.2) is 5.65 Å². The smallest absolute Gasteiger partial charge is 0.154 e. The summed E-state index contributed by atoms with van der Waals surface area (Å²) in [5.74, 6) is 0.714. The number of aryl methyl sites for hydroxylation is 1. The second-order valence-electron chi connectivity index (χ2n) is 4.97. The largest absolute Gasteiger partial charge is 0.394 e. The third kappa shape index (κ3) is 2.59. The molecule has 3 aromatic heterocycles. The zero-order valence-electron chi connectivity index (χ0n) is 12.1. The first-order valence-corrected chi connectivity index (χ1v) is 6.92. The highest BCUT2D eigenvalue weighted by Gasteiger charge is 2.11. The maximum Gasteiger partial charge on any atom is 0.154 e. The van der Waals surface area contributed by atoms with E-state index in [2.05, 4.69) is 20.5 Å². The monoisotopic (exact) mass is 286 g/mol. The molecule has 0 aliphatic rings. The Kier molecular flexibility index (Phi) is 3.57. The Bertz CT molecular complexity index is 743. The molecule has 7 heteroatoms. The summed E-state index contributed by atoms with van der Waals surface area (Å²) in [6.45, 7) is 2.10. The number of anilines is 1. The normalized spacial score (nSPS) is 12.7. The molecule has 0 aliphatic carbocycles. The number of hydrogen-bond acceptors (Lipinski definition) is 5. The highest BCUT2D eigenvalue weighted by atomic mass is 16.3. The number of fused-ring (bicyclic) bond motifs is 1. The molecule has 1 unspecified atom stereocenters. The van der Waals surface area contributed by atoms with Gasteiger partial charge in [-0.05, 0) is 18.6 Å². The Labute approximate surface area is 122 Å². The minimum absolute atomic E-state index is 0.000290. The number of hydrogen-bond donors (Lipinski definition) is 2. The Morgan fingerprint density at radius 3 is 2.86 bits per heavy atom. The molecule has 110 valence electrons. The van der Waals surface area contributed by atoms with Crippen molar-refractivity contribution < 1.29 is 5.11 Å². The summed E-state index contributed by atoms with van der Waals surface area (Å²) in [4.78, 5) is 4.35. The van der Waals surface area contributed by atoms with Gasteiger partial charge in [-0.1, -0.05) is 6.92 Å². The van der Waals surface area contributed by atoms with Crippen molar-refractivity contribution in [2.24, 2.45) is 7.05 Å². The van der Waals surface area contributed by atoms with Crippen molar-refractivity contribution in [3.8, 4) is 11.3 Å². The molecule has 3 heterocycles. The molecule has 3 rings (SSSR count). The predicted octanol–water partition coefficient (Wildman–Crippen LogP) is 1.31. The van der Waals surface area contributed by atoms with Crippen LogP contribution in [0.3, 0.4) is 0 Å². The van der Waals surface area contributed by atoms with E-state index in [0.717, 1.165) is 23.3 Å². The van der Waals surface area contributed by atoms with Gasteiger partial charge in [-0.25, -0.2) is 9.50 Å². The molecule has 0 fully saturated rings. The highest BCUT2D eigenvalue weighted by Crippen LogP contribution is 2.20. The minimum Gasteiger partial charge on any atom is -0.394 e. The molecule has 1 atom stereocenters. The Balaban J connectivity index is 1.99. The number of aliphatic hydroxyl groups is 1. The Morgan fingerprint density at radius 1 is 1.33 bits per heavy atom. The molecule has 0 amide bonds. The second kappa shape index (κ2) is 5.53. The summed E-state index contributed by atoms with van der Waals surface area (Å²) in [5, 5.41) is 21.2. The summed E-state index contributed by atoms with van der Waals surface area (Å²) < 4.78 is 3.53. The molecule has 3 aromatic rings. The average Bonchev–Trinajstić information content (AvgIpc) is 3.10. The summed E-state index contributed by atoms with van der Waals surface area (Å²) >= 11 is 0. The van der Waals surface area contributed by atoms with E-state index in [1.54, 1.807) is 21.6 Å². The lowest BCUT2D eigenvalue weighted by Crippen LogP contribution is -2.23. The van der Waals surface area contributed by atoms with E-state index in [-0.39, 0.29) is 12.6 Å². The van der Waals surface area contributed by atoms with Crippen molar-refractivity contribution in [1.82, 2.24) is 24.4 Å². The van der Waals surface area contributed by atoms with Gasteiger partial charge in [0.2, 0.25) is 0 Å². The highest BCUT2D eigenvalue weighted by molar-refractivity contribution is 5.62.